The number of alkyl halides is 1. The van der Waals surface area contributed by atoms with Crippen molar-refractivity contribution < 1.29 is 28.2 Å². The molecule has 0 aliphatic carbocycles. The van der Waals surface area contributed by atoms with Gasteiger partial charge >= 0.3 is 0 Å². The maximum absolute atomic E-state index is 10.6. The summed E-state index contributed by atoms with van der Waals surface area (Å²) in [5.41, 5.74) is 2.28. The van der Waals surface area contributed by atoms with Gasteiger partial charge in [0.05, 0.1) is 45.7 Å². The molecule has 0 saturated heterocycles. The summed E-state index contributed by atoms with van der Waals surface area (Å²) >= 11 is 3.48. The van der Waals surface area contributed by atoms with E-state index in [9.17, 15) is 5.11 Å². The number of aliphatic hydroxyl groups is 1. The molecule has 6 nitrogen and oxygen atoms in total. The lowest BCUT2D eigenvalue weighted by molar-refractivity contribution is -0.0441. The van der Waals surface area contributed by atoms with Crippen molar-refractivity contribution in [1.82, 2.24) is 0 Å². The Kier molecular flexibility index (Phi) is 44.1. The third-order valence-electron chi connectivity index (χ3n) is 18.0. The van der Waals surface area contributed by atoms with Gasteiger partial charge in [0.1, 0.15) is 6.10 Å². The van der Waals surface area contributed by atoms with Gasteiger partial charge in [0.25, 0.3) is 16.6 Å². The van der Waals surface area contributed by atoms with E-state index >= 15 is 0 Å². The number of unbranched alkanes of at least 4 members (excludes halogenated alkanes) is 26. The summed E-state index contributed by atoms with van der Waals surface area (Å²) in [5, 5.41) is 16.6. The van der Waals surface area contributed by atoms with Crippen LogP contribution in [0.4, 0.5) is 0 Å². The summed E-state index contributed by atoms with van der Waals surface area (Å²) in [6, 6.07) is 63.1. The van der Waals surface area contributed by atoms with Crippen LogP contribution in [0.3, 0.4) is 0 Å². The molecule has 0 radical (unpaired) electrons. The van der Waals surface area contributed by atoms with Crippen molar-refractivity contribution in [2.45, 2.75) is 271 Å². The zero-order chi connectivity index (χ0) is 66.8. The third kappa shape index (κ3) is 32.7. The fourth-order valence-corrected chi connectivity index (χ4v) is 22.3. The minimum Gasteiger partial charge on any atom is -0.405 e. The van der Waals surface area contributed by atoms with Crippen LogP contribution in [0, 0.1) is 0 Å². The van der Waals surface area contributed by atoms with Crippen molar-refractivity contribution >= 4 is 53.3 Å². The van der Waals surface area contributed by atoms with Gasteiger partial charge in [0.15, 0.2) is 0 Å². The van der Waals surface area contributed by atoms with Crippen LogP contribution in [0.15, 0.2) is 182 Å². The molecular formula is C84H129BrO6Si2. The summed E-state index contributed by atoms with van der Waals surface area (Å²) in [7, 11) is -5.27. The highest BCUT2D eigenvalue weighted by atomic mass is 79.9. The maximum Gasteiger partial charge on any atom is 0.261 e. The number of aliphatic hydroxyl groups excluding tert-OH is 1. The van der Waals surface area contributed by atoms with Gasteiger partial charge in [-0.2, -0.15) is 0 Å². The average Bonchev–Trinajstić information content (AvgIpc) is 0.769. The first-order valence-corrected chi connectivity index (χ1v) is 41.8. The predicted molar refractivity (Wildman–Crippen MR) is 410 cm³/mol. The van der Waals surface area contributed by atoms with Gasteiger partial charge in [0, 0.05) is 11.9 Å². The molecule has 93 heavy (non-hydrogen) atoms. The fraction of sp³-hybridized carbons (Fsp3) is 0.571. The largest absolute Gasteiger partial charge is 0.405 e. The zero-order valence-corrected chi connectivity index (χ0v) is 63.4. The Morgan fingerprint density at radius 2 is 0.602 bits per heavy atom. The second kappa shape index (κ2) is 50.4. The Morgan fingerprint density at radius 3 is 0.903 bits per heavy atom. The lowest BCUT2D eigenvalue weighted by Crippen LogP contribution is -2.67. The first-order chi connectivity index (χ1) is 45.3. The molecular weight excluding hydrogens is 1240 g/mol. The predicted octanol–water partition coefficient (Wildman–Crippen LogP) is 21.6. The molecule has 9 heteroatoms. The minimum absolute atomic E-state index is 0.0697. The van der Waals surface area contributed by atoms with Crippen molar-refractivity contribution in [2.24, 2.45) is 0 Å². The molecule has 0 bridgehead atoms. The highest BCUT2D eigenvalue weighted by molar-refractivity contribution is 9.09. The SMILES string of the molecule is CC(C)(C)[Si](OC[C@H](O)COCc1ccccc1)(c1ccccc1)c1ccccc1.CCCCCCCCCCCCCCCCBr.CCCCCCCCCCCCCCCCO[C@H](COCc1ccccc1)CO[Si](c1ccccc1)(c1ccccc1)C(C)(C)C. The number of hydrogen-bond donors (Lipinski definition) is 1. The summed E-state index contributed by atoms with van der Waals surface area (Å²) in [4.78, 5) is 0. The lowest BCUT2D eigenvalue weighted by atomic mass is 10.0. The Labute approximate surface area is 579 Å². The molecule has 0 aliphatic heterocycles. The van der Waals surface area contributed by atoms with E-state index < -0.39 is 22.7 Å². The molecule has 6 aromatic rings. The van der Waals surface area contributed by atoms with E-state index in [1.807, 2.05) is 48.5 Å². The summed E-state index contributed by atoms with van der Waals surface area (Å²) in [6.45, 7) is 21.6. The quantitative estimate of drug-likeness (QED) is 0.0233. The van der Waals surface area contributed by atoms with Crippen molar-refractivity contribution in [3.63, 3.8) is 0 Å². The topological polar surface area (TPSA) is 66.4 Å². The van der Waals surface area contributed by atoms with E-state index in [0.717, 1.165) is 18.6 Å². The Hall–Kier alpha value is -4.01. The minimum atomic E-state index is -2.64. The molecule has 6 aromatic carbocycles. The number of rotatable bonds is 48. The summed E-state index contributed by atoms with van der Waals surface area (Å²) < 4.78 is 32.5. The second-order valence-electron chi connectivity index (χ2n) is 28.0. The molecule has 0 fully saturated rings. The fourth-order valence-electron chi connectivity index (χ4n) is 12.8. The van der Waals surface area contributed by atoms with E-state index in [-0.39, 0.29) is 29.4 Å². The molecule has 6 rings (SSSR count). The number of hydrogen-bond acceptors (Lipinski definition) is 6. The molecule has 0 aromatic heterocycles. The van der Waals surface area contributed by atoms with E-state index in [1.54, 1.807) is 0 Å². The smallest absolute Gasteiger partial charge is 0.261 e. The van der Waals surface area contributed by atoms with Crippen LogP contribution >= 0.6 is 15.9 Å². The monoisotopic (exact) mass is 1370 g/mol. The summed E-state index contributed by atoms with van der Waals surface area (Å²) in [6.07, 6.45) is 38.5. The molecule has 516 valence electrons. The van der Waals surface area contributed by atoms with E-state index in [1.165, 1.54) is 205 Å². The Morgan fingerprint density at radius 1 is 0.333 bits per heavy atom. The van der Waals surface area contributed by atoms with Gasteiger partial charge in [-0.25, -0.2) is 0 Å². The lowest BCUT2D eigenvalue weighted by Gasteiger charge is -2.43. The summed E-state index contributed by atoms with van der Waals surface area (Å²) in [5.74, 6) is 0. The number of benzene rings is 6. The van der Waals surface area contributed by atoms with Gasteiger partial charge < -0.3 is 28.2 Å². The van der Waals surface area contributed by atoms with Crippen molar-refractivity contribution in [3.05, 3.63) is 193 Å². The molecule has 0 saturated carbocycles. The van der Waals surface area contributed by atoms with Gasteiger partial charge in [-0.15, -0.1) is 0 Å². The molecule has 1 N–H and O–H groups in total. The highest BCUT2D eigenvalue weighted by Crippen LogP contribution is 2.38. The van der Waals surface area contributed by atoms with E-state index in [4.69, 9.17) is 23.1 Å². The standard InChI is InChI=1S/C42H64O3Si.C26H32O3Si.C16H33Br/c1-5-6-7-8-9-10-11-12-13-14-15-16-17-27-34-44-39(36-43-35-38-28-21-18-22-29-38)37-45-46(42(2,3)4,40-30-23-19-24-31-40)41-32-25-20-26-33-41;1-26(2,3)30(24-15-9-5-10-16-24,25-17-11-6-12-18-25)29-21-23(27)20-28-19-22-13-7-4-8-14-22;1-2-3-4-5-6-7-8-9-10-11-12-13-14-15-16-17/h18-26,28-33,39H,5-17,27,34-37H2,1-4H3;4-18,23,27H,19-21H2,1-3H3;2-16H2,1H3/t39-;23-;/m11./s1. The molecule has 0 spiro atoms. The van der Waals surface area contributed by atoms with Gasteiger partial charge in [0.2, 0.25) is 0 Å². The van der Waals surface area contributed by atoms with Gasteiger partial charge in [-0.05, 0) is 54.8 Å². The second-order valence-corrected chi connectivity index (χ2v) is 37.4. The van der Waals surface area contributed by atoms with Gasteiger partial charge in [-0.3, -0.25) is 0 Å². The van der Waals surface area contributed by atoms with Crippen LogP contribution < -0.4 is 20.7 Å². The van der Waals surface area contributed by atoms with Crippen molar-refractivity contribution in [2.75, 3.05) is 38.4 Å². The van der Waals surface area contributed by atoms with Crippen LogP contribution in [-0.2, 0) is 36.3 Å². The number of halogens is 1. The van der Waals surface area contributed by atoms with Crippen LogP contribution in [-0.4, -0.2) is 72.3 Å². The number of ether oxygens (including phenoxy) is 3. The van der Waals surface area contributed by atoms with Crippen LogP contribution in [0.2, 0.25) is 10.1 Å². The molecule has 2 atom stereocenters. The highest BCUT2D eigenvalue weighted by Gasteiger charge is 2.51. The first kappa shape index (κ1) is 81.4. The van der Waals surface area contributed by atoms with Crippen molar-refractivity contribution in [3.8, 4) is 0 Å². The maximum atomic E-state index is 10.6. The molecule has 0 unspecified atom stereocenters. The Balaban J connectivity index is 0.000000334. The molecule has 0 amide bonds. The third-order valence-corrected chi connectivity index (χ3v) is 28.6. The van der Waals surface area contributed by atoms with Crippen LogP contribution in [0.25, 0.3) is 0 Å². The van der Waals surface area contributed by atoms with Gasteiger partial charge in [-0.1, -0.05) is 420 Å². The molecule has 0 heterocycles. The van der Waals surface area contributed by atoms with Crippen LogP contribution in [0.1, 0.15) is 246 Å². The average molecular weight is 1370 g/mol. The Bertz CT molecular complexity index is 2530. The molecule has 0 aliphatic rings. The van der Waals surface area contributed by atoms with Crippen molar-refractivity contribution in [1.29, 1.82) is 0 Å². The van der Waals surface area contributed by atoms with E-state index in [2.05, 4.69) is 205 Å². The zero-order valence-electron chi connectivity index (χ0n) is 59.8. The van der Waals surface area contributed by atoms with Crippen LogP contribution in [0.5, 0.6) is 0 Å². The van der Waals surface area contributed by atoms with E-state index in [0.29, 0.717) is 26.4 Å². The first-order valence-electron chi connectivity index (χ1n) is 36.9. The normalized spacial score (nSPS) is 12.6.